The molecule has 0 saturated heterocycles. The van der Waals surface area contributed by atoms with Crippen LogP contribution in [0.4, 0.5) is 0 Å². The quantitative estimate of drug-likeness (QED) is 0.895. The Morgan fingerprint density at radius 2 is 2.11 bits per heavy atom. The number of fused-ring (bicyclic) bond motifs is 1. The zero-order valence-corrected chi connectivity index (χ0v) is 11.8. The van der Waals surface area contributed by atoms with Gasteiger partial charge in [-0.1, -0.05) is 18.2 Å². The fourth-order valence-corrected chi connectivity index (χ4v) is 2.62. The van der Waals surface area contributed by atoms with Gasteiger partial charge in [-0.25, -0.2) is 0 Å². The molecule has 2 aromatic rings. The first kappa shape index (κ1) is 12.4. The Morgan fingerprint density at radius 1 is 1.26 bits per heavy atom. The molecule has 0 radical (unpaired) electrons. The molecule has 0 spiro atoms. The van der Waals surface area contributed by atoms with Crippen molar-refractivity contribution in [2.75, 3.05) is 6.54 Å². The normalized spacial score (nSPS) is 18.4. The molecule has 1 N–H and O–H groups in total. The standard InChI is InChI=1S/C15H20N4/c1-10-4-5-13(8-11(10)2)9-14-17-18-15-12(3)16-6-7-19(14)15/h4-5,8,12,16H,6-7,9H2,1-3H3. The highest BCUT2D eigenvalue weighted by Crippen LogP contribution is 2.18. The first-order chi connectivity index (χ1) is 9.15. The van der Waals surface area contributed by atoms with Gasteiger partial charge in [0.1, 0.15) is 11.6 Å². The van der Waals surface area contributed by atoms with Crippen LogP contribution in [0.5, 0.6) is 0 Å². The second-order valence-corrected chi connectivity index (χ2v) is 5.40. The molecule has 19 heavy (non-hydrogen) atoms. The van der Waals surface area contributed by atoms with Crippen LogP contribution in [0.25, 0.3) is 0 Å². The van der Waals surface area contributed by atoms with Crippen LogP contribution in [0.3, 0.4) is 0 Å². The van der Waals surface area contributed by atoms with Crippen molar-refractivity contribution >= 4 is 0 Å². The van der Waals surface area contributed by atoms with E-state index in [4.69, 9.17) is 0 Å². The van der Waals surface area contributed by atoms with Crippen molar-refractivity contribution in [1.29, 1.82) is 0 Å². The number of hydrogen-bond acceptors (Lipinski definition) is 3. The van der Waals surface area contributed by atoms with Gasteiger partial charge in [0.2, 0.25) is 0 Å². The van der Waals surface area contributed by atoms with Crippen LogP contribution in [0, 0.1) is 13.8 Å². The summed E-state index contributed by atoms with van der Waals surface area (Å²) in [6.07, 6.45) is 0.862. The Labute approximate surface area is 113 Å². The third kappa shape index (κ3) is 2.28. The van der Waals surface area contributed by atoms with Crippen LogP contribution in [0.15, 0.2) is 18.2 Å². The van der Waals surface area contributed by atoms with Gasteiger partial charge in [0.05, 0.1) is 6.04 Å². The largest absolute Gasteiger partial charge is 0.312 e. The third-order valence-electron chi connectivity index (χ3n) is 3.96. The van der Waals surface area contributed by atoms with E-state index in [0.29, 0.717) is 6.04 Å². The Bertz CT molecular complexity index is 600. The molecule has 1 atom stereocenters. The van der Waals surface area contributed by atoms with E-state index in [2.05, 4.69) is 59.1 Å². The van der Waals surface area contributed by atoms with Crippen LogP contribution in [-0.2, 0) is 13.0 Å². The van der Waals surface area contributed by atoms with Crippen molar-refractivity contribution < 1.29 is 0 Å². The minimum atomic E-state index is 0.301. The van der Waals surface area contributed by atoms with Crippen LogP contribution in [-0.4, -0.2) is 21.3 Å². The summed E-state index contributed by atoms with van der Waals surface area (Å²) >= 11 is 0. The van der Waals surface area contributed by atoms with Crippen LogP contribution < -0.4 is 5.32 Å². The van der Waals surface area contributed by atoms with Crippen molar-refractivity contribution in [2.24, 2.45) is 0 Å². The smallest absolute Gasteiger partial charge is 0.149 e. The van der Waals surface area contributed by atoms with Crippen molar-refractivity contribution in [3.63, 3.8) is 0 Å². The Balaban J connectivity index is 1.89. The van der Waals surface area contributed by atoms with Crippen molar-refractivity contribution in [1.82, 2.24) is 20.1 Å². The summed E-state index contributed by atoms with van der Waals surface area (Å²) in [7, 11) is 0. The molecule has 1 unspecified atom stereocenters. The van der Waals surface area contributed by atoms with E-state index >= 15 is 0 Å². The number of aromatic nitrogens is 3. The molecular weight excluding hydrogens is 236 g/mol. The number of nitrogens with one attached hydrogen (secondary N) is 1. The minimum Gasteiger partial charge on any atom is -0.312 e. The van der Waals surface area contributed by atoms with Crippen molar-refractivity contribution in [3.8, 4) is 0 Å². The van der Waals surface area contributed by atoms with E-state index < -0.39 is 0 Å². The van der Waals surface area contributed by atoms with Crippen molar-refractivity contribution in [3.05, 3.63) is 46.5 Å². The summed E-state index contributed by atoms with van der Waals surface area (Å²) in [6.45, 7) is 8.40. The van der Waals surface area contributed by atoms with E-state index in [-0.39, 0.29) is 0 Å². The molecule has 1 aromatic heterocycles. The van der Waals surface area contributed by atoms with Crippen LogP contribution in [0.1, 0.15) is 41.3 Å². The Kier molecular flexibility index (Phi) is 3.11. The molecule has 0 saturated carbocycles. The highest BCUT2D eigenvalue weighted by Gasteiger charge is 2.21. The second kappa shape index (κ2) is 4.78. The fourth-order valence-electron chi connectivity index (χ4n) is 2.62. The highest BCUT2D eigenvalue weighted by molar-refractivity contribution is 5.31. The number of nitrogens with zero attached hydrogens (tertiary/aromatic N) is 3. The molecule has 1 aromatic carbocycles. The molecule has 1 aliphatic rings. The topological polar surface area (TPSA) is 42.7 Å². The minimum absolute atomic E-state index is 0.301. The average Bonchev–Trinajstić information content (AvgIpc) is 2.79. The molecule has 100 valence electrons. The molecule has 0 aliphatic carbocycles. The van der Waals surface area contributed by atoms with E-state index in [1.807, 2.05) is 0 Å². The first-order valence-corrected chi connectivity index (χ1v) is 6.86. The first-order valence-electron chi connectivity index (χ1n) is 6.86. The Morgan fingerprint density at radius 3 is 2.89 bits per heavy atom. The predicted octanol–water partition coefficient (Wildman–Crippen LogP) is 2.15. The summed E-state index contributed by atoms with van der Waals surface area (Å²) in [6, 6.07) is 6.92. The molecular formula is C15H20N4. The van der Waals surface area contributed by atoms with Gasteiger partial charge in [0, 0.05) is 19.5 Å². The van der Waals surface area contributed by atoms with Gasteiger partial charge >= 0.3 is 0 Å². The molecule has 0 amide bonds. The molecule has 4 heteroatoms. The van der Waals surface area contributed by atoms with Crippen molar-refractivity contribution in [2.45, 2.75) is 39.8 Å². The van der Waals surface area contributed by atoms with Gasteiger partial charge in [-0.05, 0) is 37.5 Å². The Hall–Kier alpha value is -1.68. The molecule has 3 rings (SSSR count). The van der Waals surface area contributed by atoms with E-state index in [1.165, 1.54) is 16.7 Å². The van der Waals surface area contributed by atoms with Gasteiger partial charge < -0.3 is 9.88 Å². The monoisotopic (exact) mass is 256 g/mol. The number of hydrogen-bond donors (Lipinski definition) is 1. The predicted molar refractivity (Wildman–Crippen MR) is 75.2 cm³/mol. The van der Waals surface area contributed by atoms with E-state index in [1.54, 1.807) is 0 Å². The fraction of sp³-hybridized carbons (Fsp3) is 0.467. The number of aryl methyl sites for hydroxylation is 2. The molecule has 4 nitrogen and oxygen atoms in total. The summed E-state index contributed by atoms with van der Waals surface area (Å²) in [5.41, 5.74) is 3.99. The lowest BCUT2D eigenvalue weighted by Gasteiger charge is -2.22. The van der Waals surface area contributed by atoms with Gasteiger partial charge in [0.25, 0.3) is 0 Å². The lowest BCUT2D eigenvalue weighted by atomic mass is 10.0. The zero-order valence-electron chi connectivity index (χ0n) is 11.8. The second-order valence-electron chi connectivity index (χ2n) is 5.40. The van der Waals surface area contributed by atoms with Gasteiger partial charge in [-0.15, -0.1) is 10.2 Å². The summed E-state index contributed by atoms with van der Waals surface area (Å²) in [5.74, 6) is 2.14. The van der Waals surface area contributed by atoms with Crippen LogP contribution >= 0.6 is 0 Å². The maximum Gasteiger partial charge on any atom is 0.149 e. The lowest BCUT2D eigenvalue weighted by Crippen LogP contribution is -2.32. The number of rotatable bonds is 2. The van der Waals surface area contributed by atoms with Crippen LogP contribution in [0.2, 0.25) is 0 Å². The maximum absolute atomic E-state index is 4.37. The van der Waals surface area contributed by atoms with E-state index in [0.717, 1.165) is 31.2 Å². The lowest BCUT2D eigenvalue weighted by molar-refractivity contribution is 0.431. The van der Waals surface area contributed by atoms with Gasteiger partial charge in [0.15, 0.2) is 0 Å². The van der Waals surface area contributed by atoms with E-state index in [9.17, 15) is 0 Å². The molecule has 1 aliphatic heterocycles. The third-order valence-corrected chi connectivity index (χ3v) is 3.96. The summed E-state index contributed by atoms with van der Waals surface area (Å²) in [4.78, 5) is 0. The molecule has 0 bridgehead atoms. The number of benzene rings is 1. The summed E-state index contributed by atoms with van der Waals surface area (Å²) in [5, 5.41) is 12.1. The van der Waals surface area contributed by atoms with Gasteiger partial charge in [-0.2, -0.15) is 0 Å². The summed E-state index contributed by atoms with van der Waals surface area (Å²) < 4.78 is 2.26. The SMILES string of the molecule is Cc1ccc(Cc2nnc3n2CCNC3C)cc1C. The van der Waals surface area contributed by atoms with Gasteiger partial charge in [-0.3, -0.25) is 0 Å². The molecule has 0 fully saturated rings. The maximum atomic E-state index is 4.37. The highest BCUT2D eigenvalue weighted by atomic mass is 15.3. The average molecular weight is 256 g/mol. The molecule has 2 heterocycles. The zero-order chi connectivity index (χ0) is 13.4.